The zero-order chi connectivity index (χ0) is 5.54. The van der Waals surface area contributed by atoms with Crippen molar-refractivity contribution in [2.24, 2.45) is 0 Å². The molecule has 0 saturated carbocycles. The number of nitrogens with one attached hydrogen (secondary N) is 1. The molecule has 8 heavy (non-hydrogen) atoms. The summed E-state index contributed by atoms with van der Waals surface area (Å²) in [6, 6.07) is 3.89. The molecular formula is C6H11NW. The van der Waals surface area contributed by atoms with Gasteiger partial charge in [-0.05, 0) is 12.1 Å². The van der Waals surface area contributed by atoms with Crippen molar-refractivity contribution in [1.82, 2.24) is 4.98 Å². The van der Waals surface area contributed by atoms with Crippen LogP contribution in [0.5, 0.6) is 0 Å². The average Bonchev–Trinajstić information content (AvgIpc) is 2.23. The van der Waals surface area contributed by atoms with Crippen LogP contribution < -0.4 is 0 Å². The molecule has 1 N–H and O–H groups in total. The Kier molecular flexibility index (Phi) is 13.7. The van der Waals surface area contributed by atoms with Crippen LogP contribution in [-0.2, 0) is 21.1 Å². The molecule has 0 amide bonds. The predicted octanol–water partition coefficient (Wildman–Crippen LogP) is 2.04. The summed E-state index contributed by atoms with van der Waals surface area (Å²) in [6.45, 7) is 4.00. The van der Waals surface area contributed by atoms with Crippen LogP contribution in [0.15, 0.2) is 24.5 Å². The van der Waals surface area contributed by atoms with E-state index in [0.29, 0.717) is 0 Å². The monoisotopic (exact) mass is 281 g/mol. The first-order chi connectivity index (χ1) is 3.50. The van der Waals surface area contributed by atoms with E-state index in [4.69, 9.17) is 0 Å². The summed E-state index contributed by atoms with van der Waals surface area (Å²) in [7, 11) is 0. The molecule has 1 rings (SSSR count). The molecule has 46 valence electrons. The number of hydrogen-bond donors (Lipinski definition) is 1. The van der Waals surface area contributed by atoms with Gasteiger partial charge >= 0.3 is 0 Å². The third kappa shape index (κ3) is 5.97. The summed E-state index contributed by atoms with van der Waals surface area (Å²) in [5.41, 5.74) is 0. The van der Waals surface area contributed by atoms with Crippen molar-refractivity contribution in [3.8, 4) is 0 Å². The van der Waals surface area contributed by atoms with E-state index in [0.717, 1.165) is 0 Å². The minimum absolute atomic E-state index is 0. The van der Waals surface area contributed by atoms with Crippen LogP contribution in [0.2, 0.25) is 0 Å². The maximum atomic E-state index is 2.86. The van der Waals surface area contributed by atoms with Gasteiger partial charge in [-0.15, -0.1) is 0 Å². The van der Waals surface area contributed by atoms with E-state index in [9.17, 15) is 0 Å². The topological polar surface area (TPSA) is 15.8 Å². The molecule has 1 nitrogen and oxygen atoms in total. The summed E-state index contributed by atoms with van der Waals surface area (Å²) in [6.07, 6.45) is 3.75. The Morgan fingerprint density at radius 2 is 1.38 bits per heavy atom. The molecule has 1 heterocycles. The molecule has 0 saturated heterocycles. The van der Waals surface area contributed by atoms with Crippen molar-refractivity contribution in [2.45, 2.75) is 13.8 Å². The summed E-state index contributed by atoms with van der Waals surface area (Å²) >= 11 is 0. The molecule has 0 aromatic carbocycles. The Labute approximate surface area is 64.8 Å². The van der Waals surface area contributed by atoms with Gasteiger partial charge in [0.25, 0.3) is 0 Å². The molecule has 1 aromatic heterocycles. The van der Waals surface area contributed by atoms with Gasteiger partial charge in [0.2, 0.25) is 0 Å². The van der Waals surface area contributed by atoms with Crippen molar-refractivity contribution in [3.05, 3.63) is 24.5 Å². The van der Waals surface area contributed by atoms with Gasteiger partial charge in [-0.25, -0.2) is 0 Å². The third-order valence-corrected chi connectivity index (χ3v) is 0.496. The molecule has 0 spiro atoms. The van der Waals surface area contributed by atoms with Gasteiger partial charge in [0.05, 0.1) is 0 Å². The van der Waals surface area contributed by atoms with E-state index in [-0.39, 0.29) is 21.1 Å². The Balaban J connectivity index is 0. The number of aromatic amines is 1. The second-order valence-corrected chi connectivity index (χ2v) is 0.885. The fourth-order valence-corrected chi connectivity index (χ4v) is 0.278. The molecule has 0 atom stereocenters. The zero-order valence-corrected chi connectivity index (χ0v) is 8.15. The van der Waals surface area contributed by atoms with E-state index in [2.05, 4.69) is 4.98 Å². The molecule has 1 aromatic rings. The minimum Gasteiger partial charge on any atom is -0.368 e. The van der Waals surface area contributed by atoms with E-state index in [1.807, 2.05) is 38.4 Å². The molecule has 0 bridgehead atoms. The Morgan fingerprint density at radius 3 is 1.50 bits per heavy atom. The van der Waals surface area contributed by atoms with Gasteiger partial charge in [0, 0.05) is 33.5 Å². The standard InChI is InChI=1S/C4H5N.C2H6.W/c1-2-4-5-3-1;1-2;/h1-5H;1-2H3;. The van der Waals surface area contributed by atoms with E-state index < -0.39 is 0 Å². The maximum absolute atomic E-state index is 2.86. The second kappa shape index (κ2) is 10.1. The summed E-state index contributed by atoms with van der Waals surface area (Å²) in [5, 5.41) is 0. The Morgan fingerprint density at radius 1 is 1.00 bits per heavy atom. The van der Waals surface area contributed by atoms with Crippen LogP contribution in [-0.4, -0.2) is 4.98 Å². The number of aromatic nitrogens is 1. The number of hydrogen-bond acceptors (Lipinski definition) is 0. The van der Waals surface area contributed by atoms with Crippen molar-refractivity contribution in [1.29, 1.82) is 0 Å². The van der Waals surface area contributed by atoms with Crippen LogP contribution in [0.4, 0.5) is 0 Å². The van der Waals surface area contributed by atoms with E-state index in [1.54, 1.807) is 0 Å². The molecule has 2 heteroatoms. The van der Waals surface area contributed by atoms with E-state index in [1.165, 1.54) is 0 Å². The number of rotatable bonds is 0. The van der Waals surface area contributed by atoms with Crippen LogP contribution in [0.1, 0.15) is 13.8 Å². The van der Waals surface area contributed by atoms with Crippen LogP contribution in [0, 0.1) is 0 Å². The fraction of sp³-hybridized carbons (Fsp3) is 0.333. The van der Waals surface area contributed by atoms with Crippen LogP contribution in [0.25, 0.3) is 0 Å². The molecule has 0 aliphatic rings. The van der Waals surface area contributed by atoms with Gasteiger partial charge in [0.1, 0.15) is 0 Å². The summed E-state index contributed by atoms with van der Waals surface area (Å²) in [5.74, 6) is 0. The molecule has 0 fully saturated rings. The average molecular weight is 281 g/mol. The zero-order valence-electron chi connectivity index (χ0n) is 5.22. The Hall–Kier alpha value is -0.0317. The quantitative estimate of drug-likeness (QED) is 0.749. The molecule has 0 unspecified atom stereocenters. The van der Waals surface area contributed by atoms with Gasteiger partial charge in [-0.3, -0.25) is 0 Å². The first kappa shape index (κ1) is 10.9. The normalized spacial score (nSPS) is 5.75. The molecular weight excluding hydrogens is 270 g/mol. The minimum atomic E-state index is 0. The Bertz CT molecular complexity index is 65.0. The molecule has 0 aliphatic heterocycles. The van der Waals surface area contributed by atoms with Crippen molar-refractivity contribution in [3.63, 3.8) is 0 Å². The van der Waals surface area contributed by atoms with Gasteiger partial charge in [0.15, 0.2) is 0 Å². The summed E-state index contributed by atoms with van der Waals surface area (Å²) < 4.78 is 0. The van der Waals surface area contributed by atoms with Gasteiger partial charge < -0.3 is 4.98 Å². The largest absolute Gasteiger partial charge is 0.368 e. The smallest absolute Gasteiger partial charge is 0.000496 e. The third-order valence-electron chi connectivity index (χ3n) is 0.496. The molecule has 0 radical (unpaired) electrons. The van der Waals surface area contributed by atoms with Crippen LogP contribution in [0.3, 0.4) is 0 Å². The van der Waals surface area contributed by atoms with Crippen molar-refractivity contribution < 1.29 is 21.1 Å². The molecule has 0 aliphatic carbocycles. The second-order valence-electron chi connectivity index (χ2n) is 0.885. The fourth-order valence-electron chi connectivity index (χ4n) is 0.278. The van der Waals surface area contributed by atoms with Gasteiger partial charge in [-0.2, -0.15) is 0 Å². The first-order valence-corrected chi connectivity index (χ1v) is 2.58. The first-order valence-electron chi connectivity index (χ1n) is 2.58. The SMILES string of the molecule is CC.[W].c1cc[nH]c1. The predicted molar refractivity (Wildman–Crippen MR) is 32.1 cm³/mol. The van der Waals surface area contributed by atoms with Crippen molar-refractivity contribution in [2.75, 3.05) is 0 Å². The maximum Gasteiger partial charge on any atom is 0.000496 e. The number of H-pyrrole nitrogens is 1. The van der Waals surface area contributed by atoms with Gasteiger partial charge in [-0.1, -0.05) is 13.8 Å². The summed E-state index contributed by atoms with van der Waals surface area (Å²) in [4.78, 5) is 2.86. The van der Waals surface area contributed by atoms with E-state index >= 15 is 0 Å². The van der Waals surface area contributed by atoms with Crippen LogP contribution >= 0.6 is 0 Å². The van der Waals surface area contributed by atoms with Crippen molar-refractivity contribution >= 4 is 0 Å².